The Morgan fingerprint density at radius 1 is 1.18 bits per heavy atom. The maximum absolute atomic E-state index is 12.4. The monoisotopic (exact) mass is 240 g/mol. The SMILES string of the molecule is CCCN(CCC)C(=O)C1CC(C)CC(N)C1. The van der Waals surface area contributed by atoms with Gasteiger partial charge in [0.05, 0.1) is 0 Å². The Labute approximate surface area is 106 Å². The maximum atomic E-state index is 12.4. The fourth-order valence-electron chi connectivity index (χ4n) is 2.99. The number of carbonyl (C=O) groups is 1. The van der Waals surface area contributed by atoms with Gasteiger partial charge in [-0.25, -0.2) is 0 Å². The van der Waals surface area contributed by atoms with E-state index >= 15 is 0 Å². The third-order valence-electron chi connectivity index (χ3n) is 3.63. The molecule has 1 rings (SSSR count). The van der Waals surface area contributed by atoms with Crippen molar-refractivity contribution in [1.29, 1.82) is 0 Å². The number of amides is 1. The predicted octanol–water partition coefficient (Wildman–Crippen LogP) is 2.40. The predicted molar refractivity (Wildman–Crippen MR) is 71.6 cm³/mol. The van der Waals surface area contributed by atoms with Crippen LogP contribution in [0.1, 0.15) is 52.9 Å². The molecule has 1 aliphatic rings. The Morgan fingerprint density at radius 2 is 1.76 bits per heavy atom. The van der Waals surface area contributed by atoms with Gasteiger partial charge in [-0.05, 0) is 38.0 Å². The van der Waals surface area contributed by atoms with E-state index in [1.54, 1.807) is 0 Å². The Balaban J connectivity index is 2.59. The smallest absolute Gasteiger partial charge is 0.225 e. The van der Waals surface area contributed by atoms with Gasteiger partial charge in [-0.2, -0.15) is 0 Å². The van der Waals surface area contributed by atoms with Crippen LogP contribution in [0.15, 0.2) is 0 Å². The standard InChI is InChI=1S/C14H28N2O/c1-4-6-16(7-5-2)14(17)12-8-11(3)9-13(15)10-12/h11-13H,4-10,15H2,1-3H3. The molecule has 1 aliphatic carbocycles. The van der Waals surface area contributed by atoms with E-state index in [9.17, 15) is 4.79 Å². The molecule has 17 heavy (non-hydrogen) atoms. The molecule has 3 unspecified atom stereocenters. The first kappa shape index (κ1) is 14.5. The lowest BCUT2D eigenvalue weighted by Gasteiger charge is -2.34. The Morgan fingerprint density at radius 3 is 2.24 bits per heavy atom. The normalized spacial score (nSPS) is 29.1. The van der Waals surface area contributed by atoms with Crippen molar-refractivity contribution in [3.63, 3.8) is 0 Å². The Bertz CT molecular complexity index is 226. The highest BCUT2D eigenvalue weighted by Crippen LogP contribution is 2.29. The highest BCUT2D eigenvalue weighted by atomic mass is 16.2. The summed E-state index contributed by atoms with van der Waals surface area (Å²) in [7, 11) is 0. The number of hydrogen-bond donors (Lipinski definition) is 1. The van der Waals surface area contributed by atoms with Gasteiger partial charge < -0.3 is 10.6 Å². The second-order valence-corrected chi connectivity index (χ2v) is 5.59. The summed E-state index contributed by atoms with van der Waals surface area (Å²) in [5.74, 6) is 1.11. The Kier molecular flexibility index (Phi) is 5.96. The van der Waals surface area contributed by atoms with Crippen molar-refractivity contribution >= 4 is 5.91 Å². The summed E-state index contributed by atoms with van der Waals surface area (Å²) in [6.45, 7) is 8.26. The van der Waals surface area contributed by atoms with Crippen LogP contribution < -0.4 is 5.73 Å². The zero-order valence-electron chi connectivity index (χ0n) is 11.6. The fraction of sp³-hybridized carbons (Fsp3) is 0.929. The molecular formula is C14H28N2O. The molecule has 0 spiro atoms. The molecule has 3 heteroatoms. The fourth-order valence-corrected chi connectivity index (χ4v) is 2.99. The molecule has 1 fully saturated rings. The van der Waals surface area contributed by atoms with E-state index < -0.39 is 0 Å². The lowest BCUT2D eigenvalue weighted by molar-refractivity contribution is -0.137. The molecule has 0 aromatic heterocycles. The van der Waals surface area contributed by atoms with Crippen LogP contribution in [-0.2, 0) is 4.79 Å². The average molecular weight is 240 g/mol. The topological polar surface area (TPSA) is 46.3 Å². The van der Waals surface area contributed by atoms with E-state index in [0.717, 1.165) is 45.2 Å². The molecule has 0 radical (unpaired) electrons. The molecule has 2 N–H and O–H groups in total. The second kappa shape index (κ2) is 7.00. The summed E-state index contributed by atoms with van der Waals surface area (Å²) in [6.07, 6.45) is 5.06. The van der Waals surface area contributed by atoms with Gasteiger partial charge in [0.15, 0.2) is 0 Å². The van der Waals surface area contributed by atoms with Gasteiger partial charge in [0, 0.05) is 25.0 Å². The van der Waals surface area contributed by atoms with Crippen molar-refractivity contribution < 1.29 is 4.79 Å². The lowest BCUT2D eigenvalue weighted by atomic mass is 9.79. The second-order valence-electron chi connectivity index (χ2n) is 5.59. The summed E-state index contributed by atoms with van der Waals surface area (Å²) in [5, 5.41) is 0. The summed E-state index contributed by atoms with van der Waals surface area (Å²) in [4.78, 5) is 14.5. The average Bonchev–Trinajstić information content (AvgIpc) is 2.26. The van der Waals surface area contributed by atoms with Gasteiger partial charge in [-0.3, -0.25) is 4.79 Å². The first-order valence-corrected chi connectivity index (χ1v) is 7.12. The molecule has 3 atom stereocenters. The molecule has 0 saturated heterocycles. The minimum absolute atomic E-state index is 0.173. The molecular weight excluding hydrogens is 212 g/mol. The minimum atomic E-state index is 0.173. The van der Waals surface area contributed by atoms with Gasteiger partial charge >= 0.3 is 0 Å². The number of hydrogen-bond acceptors (Lipinski definition) is 2. The molecule has 1 amide bonds. The molecule has 0 heterocycles. The van der Waals surface area contributed by atoms with Gasteiger partial charge in [0.2, 0.25) is 5.91 Å². The largest absolute Gasteiger partial charge is 0.342 e. The van der Waals surface area contributed by atoms with Crippen LogP contribution in [0.4, 0.5) is 0 Å². The van der Waals surface area contributed by atoms with Crippen LogP contribution in [0.2, 0.25) is 0 Å². The van der Waals surface area contributed by atoms with Gasteiger partial charge in [0.25, 0.3) is 0 Å². The quantitative estimate of drug-likeness (QED) is 0.802. The van der Waals surface area contributed by atoms with Crippen molar-refractivity contribution in [2.75, 3.05) is 13.1 Å². The van der Waals surface area contributed by atoms with Crippen LogP contribution in [-0.4, -0.2) is 29.9 Å². The van der Waals surface area contributed by atoms with Gasteiger partial charge in [-0.15, -0.1) is 0 Å². The van der Waals surface area contributed by atoms with E-state index in [1.165, 1.54) is 0 Å². The molecule has 1 saturated carbocycles. The lowest BCUT2D eigenvalue weighted by Crippen LogP contribution is -2.43. The summed E-state index contributed by atoms with van der Waals surface area (Å²) in [5.41, 5.74) is 6.03. The van der Waals surface area contributed by atoms with Crippen LogP contribution in [0, 0.1) is 11.8 Å². The van der Waals surface area contributed by atoms with Crippen LogP contribution in [0.25, 0.3) is 0 Å². The van der Waals surface area contributed by atoms with E-state index in [2.05, 4.69) is 20.8 Å². The third-order valence-corrected chi connectivity index (χ3v) is 3.63. The molecule has 0 aromatic carbocycles. The Hall–Kier alpha value is -0.570. The maximum Gasteiger partial charge on any atom is 0.225 e. The first-order chi connectivity index (χ1) is 8.08. The highest BCUT2D eigenvalue weighted by Gasteiger charge is 2.31. The van der Waals surface area contributed by atoms with E-state index in [-0.39, 0.29) is 12.0 Å². The van der Waals surface area contributed by atoms with Crippen LogP contribution in [0.3, 0.4) is 0 Å². The molecule has 0 aliphatic heterocycles. The van der Waals surface area contributed by atoms with Gasteiger partial charge in [-0.1, -0.05) is 20.8 Å². The number of carbonyl (C=O) groups excluding carboxylic acids is 1. The number of nitrogens with two attached hydrogens (primary N) is 1. The first-order valence-electron chi connectivity index (χ1n) is 7.12. The minimum Gasteiger partial charge on any atom is -0.342 e. The van der Waals surface area contributed by atoms with Crippen LogP contribution in [0.5, 0.6) is 0 Å². The van der Waals surface area contributed by atoms with Crippen LogP contribution >= 0.6 is 0 Å². The van der Waals surface area contributed by atoms with Gasteiger partial charge in [0.1, 0.15) is 0 Å². The molecule has 0 bridgehead atoms. The van der Waals surface area contributed by atoms with E-state index in [1.807, 2.05) is 4.90 Å². The number of nitrogens with zero attached hydrogens (tertiary/aromatic N) is 1. The highest BCUT2D eigenvalue weighted by molar-refractivity contribution is 5.79. The summed E-state index contributed by atoms with van der Waals surface area (Å²) < 4.78 is 0. The summed E-state index contributed by atoms with van der Waals surface area (Å²) >= 11 is 0. The third kappa shape index (κ3) is 4.30. The summed E-state index contributed by atoms with van der Waals surface area (Å²) in [6, 6.07) is 0.220. The van der Waals surface area contributed by atoms with Crippen molar-refractivity contribution in [3.8, 4) is 0 Å². The van der Waals surface area contributed by atoms with Crippen molar-refractivity contribution in [2.24, 2.45) is 17.6 Å². The zero-order chi connectivity index (χ0) is 12.8. The zero-order valence-corrected chi connectivity index (χ0v) is 11.6. The number of rotatable bonds is 5. The van der Waals surface area contributed by atoms with Crippen molar-refractivity contribution in [3.05, 3.63) is 0 Å². The van der Waals surface area contributed by atoms with E-state index in [0.29, 0.717) is 11.8 Å². The van der Waals surface area contributed by atoms with Crippen molar-refractivity contribution in [2.45, 2.75) is 58.9 Å². The molecule has 0 aromatic rings. The molecule has 100 valence electrons. The van der Waals surface area contributed by atoms with Crippen molar-refractivity contribution in [1.82, 2.24) is 4.90 Å². The molecule has 3 nitrogen and oxygen atoms in total. The van der Waals surface area contributed by atoms with E-state index in [4.69, 9.17) is 5.73 Å².